The van der Waals surface area contributed by atoms with Gasteiger partial charge in [0.1, 0.15) is 12.1 Å². The highest BCUT2D eigenvalue weighted by molar-refractivity contribution is 5.97. The number of rotatable bonds is 10. The van der Waals surface area contributed by atoms with Crippen LogP contribution in [0.15, 0.2) is 42.7 Å². The molecule has 4 aliphatic carbocycles. The van der Waals surface area contributed by atoms with Gasteiger partial charge in [0.25, 0.3) is 5.91 Å². The maximum Gasteiger partial charge on any atom is 0.251 e. The summed E-state index contributed by atoms with van der Waals surface area (Å²) in [7, 11) is 1.64. The van der Waals surface area contributed by atoms with E-state index in [1.807, 2.05) is 36.4 Å². The number of amides is 1. The number of methoxy groups -OCH3 is 1. The van der Waals surface area contributed by atoms with E-state index in [1.165, 1.54) is 25.6 Å². The van der Waals surface area contributed by atoms with E-state index >= 15 is 0 Å². The highest BCUT2D eigenvalue weighted by Gasteiger charge is 2.51. The Bertz CT molecular complexity index is 1400. The van der Waals surface area contributed by atoms with Gasteiger partial charge in [-0.3, -0.25) is 9.69 Å². The molecule has 1 aliphatic heterocycles. The number of benzene rings is 2. The van der Waals surface area contributed by atoms with Gasteiger partial charge in [0.2, 0.25) is 0 Å². The molecule has 1 aromatic heterocycles. The SMILES string of the molecule is COc1cc2ncnc(Nc3cccc(C(=O)NC45CC6CC(CC(C6)C4)C5)c3)c2cc1OCCCN1CCOCC1. The van der Waals surface area contributed by atoms with Gasteiger partial charge in [0, 0.05) is 47.9 Å². The lowest BCUT2D eigenvalue weighted by atomic mass is 9.53. The van der Waals surface area contributed by atoms with Crippen molar-refractivity contribution >= 4 is 28.3 Å². The average molecular weight is 572 g/mol. The van der Waals surface area contributed by atoms with E-state index in [4.69, 9.17) is 14.2 Å². The van der Waals surface area contributed by atoms with Crippen molar-refractivity contribution in [2.75, 3.05) is 51.9 Å². The smallest absolute Gasteiger partial charge is 0.251 e. The number of ether oxygens (including phenoxy) is 3. The summed E-state index contributed by atoms with van der Waals surface area (Å²) in [5.74, 6) is 4.33. The molecule has 5 fully saturated rings. The zero-order valence-electron chi connectivity index (χ0n) is 24.4. The summed E-state index contributed by atoms with van der Waals surface area (Å²) in [6.07, 6.45) is 9.92. The van der Waals surface area contributed by atoms with Crippen LogP contribution in [0.2, 0.25) is 0 Å². The largest absolute Gasteiger partial charge is 0.493 e. The molecule has 8 rings (SSSR count). The minimum atomic E-state index is -0.0181. The third kappa shape index (κ3) is 5.77. The number of hydrogen-bond donors (Lipinski definition) is 2. The predicted octanol–water partition coefficient (Wildman–Crippen LogP) is 5.18. The van der Waals surface area contributed by atoms with Crippen molar-refractivity contribution in [1.82, 2.24) is 20.2 Å². The van der Waals surface area contributed by atoms with Crippen molar-refractivity contribution in [3.05, 3.63) is 48.3 Å². The van der Waals surface area contributed by atoms with E-state index in [0.29, 0.717) is 29.5 Å². The first-order chi connectivity index (χ1) is 20.6. The van der Waals surface area contributed by atoms with Gasteiger partial charge in [-0.1, -0.05) is 6.07 Å². The fourth-order valence-corrected chi connectivity index (χ4v) is 8.18. The number of carbonyl (C=O) groups excluding carboxylic acids is 1. The van der Waals surface area contributed by atoms with Crippen molar-refractivity contribution in [3.8, 4) is 11.5 Å². The summed E-state index contributed by atoms with van der Waals surface area (Å²) in [6, 6.07) is 11.5. The normalized spacial score (nSPS) is 26.7. The molecule has 4 saturated carbocycles. The lowest BCUT2D eigenvalue weighted by Gasteiger charge is -2.56. The summed E-state index contributed by atoms with van der Waals surface area (Å²) in [6.45, 7) is 5.08. The third-order valence-corrected chi connectivity index (χ3v) is 9.71. The lowest BCUT2D eigenvalue weighted by Crippen LogP contribution is -2.59. The number of anilines is 2. The van der Waals surface area contributed by atoms with Crippen LogP contribution in [-0.4, -0.2) is 72.9 Å². The van der Waals surface area contributed by atoms with Gasteiger partial charge >= 0.3 is 0 Å². The van der Waals surface area contributed by atoms with Crippen molar-refractivity contribution in [2.24, 2.45) is 17.8 Å². The molecule has 1 amide bonds. The molecule has 1 saturated heterocycles. The molecule has 2 heterocycles. The van der Waals surface area contributed by atoms with Gasteiger partial charge in [0.05, 0.1) is 32.4 Å². The van der Waals surface area contributed by atoms with Crippen molar-refractivity contribution in [2.45, 2.75) is 50.5 Å². The molecule has 0 spiro atoms. The van der Waals surface area contributed by atoms with Gasteiger partial charge in [0.15, 0.2) is 11.5 Å². The Balaban J connectivity index is 1.05. The number of carbonyl (C=O) groups is 1. The first kappa shape index (κ1) is 27.4. The van der Waals surface area contributed by atoms with E-state index in [2.05, 4.69) is 25.5 Å². The van der Waals surface area contributed by atoms with Crippen LogP contribution in [0.25, 0.3) is 10.9 Å². The standard InChI is InChI=1S/C33H41N5O4/c1-40-29-17-28-27(16-30(29)42-9-3-6-38-7-10-41-11-8-38)31(35-21-34-28)36-26-5-2-4-25(15-26)32(39)37-33-18-22-12-23(19-33)14-24(13-22)20-33/h2,4-5,15-17,21-24H,3,6-14,18-20H2,1H3,(H,37,39)(H,34,35,36). The molecule has 5 aliphatic rings. The molecule has 0 atom stereocenters. The first-order valence-corrected chi connectivity index (χ1v) is 15.5. The number of aromatic nitrogens is 2. The summed E-state index contributed by atoms with van der Waals surface area (Å²) >= 11 is 0. The fourth-order valence-electron chi connectivity index (χ4n) is 8.18. The Hall–Kier alpha value is -3.43. The van der Waals surface area contributed by atoms with Crippen LogP contribution in [0.3, 0.4) is 0 Å². The molecule has 0 unspecified atom stereocenters. The van der Waals surface area contributed by atoms with Crippen LogP contribution in [0.4, 0.5) is 11.5 Å². The van der Waals surface area contributed by atoms with Gasteiger partial charge in [-0.2, -0.15) is 0 Å². The van der Waals surface area contributed by atoms with Crippen molar-refractivity contribution < 1.29 is 19.0 Å². The Labute approximate surface area is 247 Å². The fraction of sp³-hybridized carbons (Fsp3) is 0.545. The number of morpholine rings is 1. The Morgan fingerprint density at radius 3 is 2.52 bits per heavy atom. The molecule has 0 radical (unpaired) electrons. The summed E-state index contributed by atoms with van der Waals surface area (Å²) in [4.78, 5) is 24.9. The van der Waals surface area contributed by atoms with E-state index in [-0.39, 0.29) is 11.4 Å². The van der Waals surface area contributed by atoms with Crippen LogP contribution in [0.1, 0.15) is 55.3 Å². The van der Waals surface area contributed by atoms with Gasteiger partial charge < -0.3 is 24.8 Å². The zero-order valence-corrected chi connectivity index (χ0v) is 24.4. The topological polar surface area (TPSA) is 97.8 Å². The molecule has 2 aromatic carbocycles. The molecule has 2 N–H and O–H groups in total. The van der Waals surface area contributed by atoms with Crippen LogP contribution in [0, 0.1) is 17.8 Å². The van der Waals surface area contributed by atoms with E-state index in [0.717, 1.165) is 92.9 Å². The van der Waals surface area contributed by atoms with Gasteiger partial charge in [-0.25, -0.2) is 9.97 Å². The molecule has 222 valence electrons. The maximum absolute atomic E-state index is 13.5. The summed E-state index contributed by atoms with van der Waals surface area (Å²) < 4.78 is 17.2. The average Bonchev–Trinajstić information content (AvgIpc) is 2.99. The van der Waals surface area contributed by atoms with Crippen molar-refractivity contribution in [1.29, 1.82) is 0 Å². The number of hydrogen-bond acceptors (Lipinski definition) is 8. The van der Waals surface area contributed by atoms with E-state index in [9.17, 15) is 4.79 Å². The van der Waals surface area contributed by atoms with E-state index < -0.39 is 0 Å². The summed E-state index contributed by atoms with van der Waals surface area (Å²) in [5, 5.41) is 7.75. The maximum atomic E-state index is 13.5. The van der Waals surface area contributed by atoms with Crippen LogP contribution < -0.4 is 20.1 Å². The zero-order chi connectivity index (χ0) is 28.5. The second-order valence-electron chi connectivity index (χ2n) is 12.8. The van der Waals surface area contributed by atoms with E-state index in [1.54, 1.807) is 7.11 Å². The molecule has 9 heteroatoms. The second-order valence-corrected chi connectivity index (χ2v) is 12.8. The summed E-state index contributed by atoms with van der Waals surface area (Å²) in [5.41, 5.74) is 2.20. The number of fused-ring (bicyclic) bond motifs is 1. The Morgan fingerprint density at radius 1 is 1.02 bits per heavy atom. The number of nitrogens with one attached hydrogen (secondary N) is 2. The van der Waals surface area contributed by atoms with Crippen LogP contribution in [-0.2, 0) is 4.74 Å². The first-order valence-electron chi connectivity index (χ1n) is 15.5. The van der Waals surface area contributed by atoms with Gasteiger partial charge in [-0.15, -0.1) is 0 Å². The molecule has 9 nitrogen and oxygen atoms in total. The Kier molecular flexibility index (Phi) is 7.63. The number of nitrogens with zero attached hydrogens (tertiary/aromatic N) is 3. The predicted molar refractivity (Wildman–Crippen MR) is 162 cm³/mol. The second kappa shape index (κ2) is 11.7. The molecular weight excluding hydrogens is 530 g/mol. The van der Waals surface area contributed by atoms with Crippen molar-refractivity contribution in [3.63, 3.8) is 0 Å². The molecule has 4 bridgehead atoms. The minimum Gasteiger partial charge on any atom is -0.493 e. The minimum absolute atomic E-state index is 0.0181. The van der Waals surface area contributed by atoms with Gasteiger partial charge in [-0.05, 0) is 87.0 Å². The lowest BCUT2D eigenvalue weighted by molar-refractivity contribution is -0.0167. The van der Waals surface area contributed by atoms with Crippen LogP contribution >= 0.6 is 0 Å². The highest BCUT2D eigenvalue weighted by atomic mass is 16.5. The Morgan fingerprint density at radius 2 is 1.79 bits per heavy atom. The van der Waals surface area contributed by atoms with Crippen LogP contribution in [0.5, 0.6) is 11.5 Å². The monoisotopic (exact) mass is 571 g/mol. The third-order valence-electron chi connectivity index (χ3n) is 9.71. The molecular formula is C33H41N5O4. The molecule has 3 aromatic rings. The molecule has 42 heavy (non-hydrogen) atoms. The quantitative estimate of drug-likeness (QED) is 0.321. The highest BCUT2D eigenvalue weighted by Crippen LogP contribution is 2.55.